The number of nitrogens with two attached hydrogens (primary N) is 1. The summed E-state index contributed by atoms with van der Waals surface area (Å²) >= 11 is 0.990. The van der Waals surface area contributed by atoms with Crippen molar-refractivity contribution in [3.63, 3.8) is 0 Å². The Labute approximate surface area is 72.6 Å². The van der Waals surface area contributed by atoms with Gasteiger partial charge in [0.05, 0.1) is 17.6 Å². The van der Waals surface area contributed by atoms with Gasteiger partial charge in [-0.05, 0) is 6.07 Å². The molecule has 66 valence electrons. The van der Waals surface area contributed by atoms with Gasteiger partial charge in [-0.25, -0.2) is 0 Å². The normalized spacial score (nSPS) is 12.8. The van der Waals surface area contributed by atoms with Crippen LogP contribution in [0.4, 0.5) is 5.00 Å². The third-order valence-corrected chi connectivity index (χ3v) is 2.52. The van der Waals surface area contributed by atoms with Gasteiger partial charge in [-0.2, -0.15) is 0 Å². The van der Waals surface area contributed by atoms with E-state index < -0.39 is 11.0 Å². The van der Waals surface area contributed by atoms with E-state index in [9.17, 15) is 10.1 Å². The van der Waals surface area contributed by atoms with Crippen molar-refractivity contribution in [2.75, 3.05) is 6.61 Å². The lowest BCUT2D eigenvalue weighted by molar-refractivity contribution is -0.380. The molecule has 0 aromatic carbocycles. The summed E-state index contributed by atoms with van der Waals surface area (Å²) in [5, 5.41) is 18.9. The molecule has 1 aromatic heterocycles. The first-order chi connectivity index (χ1) is 5.65. The minimum absolute atomic E-state index is 0.0499. The lowest BCUT2D eigenvalue weighted by atomic mass is 10.3. The number of aliphatic hydroxyl groups excluding tert-OH is 1. The molecule has 5 nitrogen and oxygen atoms in total. The molecular formula is C6H8N2O3S. The topological polar surface area (TPSA) is 89.4 Å². The van der Waals surface area contributed by atoms with E-state index in [0.29, 0.717) is 4.88 Å². The van der Waals surface area contributed by atoms with Crippen LogP contribution in [0.5, 0.6) is 0 Å². The summed E-state index contributed by atoms with van der Waals surface area (Å²) in [7, 11) is 0. The first-order valence-electron chi connectivity index (χ1n) is 3.25. The summed E-state index contributed by atoms with van der Waals surface area (Å²) < 4.78 is 0. The smallest absolute Gasteiger partial charge is 0.324 e. The van der Waals surface area contributed by atoms with E-state index in [4.69, 9.17) is 10.8 Å². The summed E-state index contributed by atoms with van der Waals surface area (Å²) in [5.41, 5.74) is 5.45. The molecule has 1 heterocycles. The van der Waals surface area contributed by atoms with Crippen LogP contribution in [0.3, 0.4) is 0 Å². The lowest BCUT2D eigenvalue weighted by Crippen LogP contribution is -2.12. The summed E-state index contributed by atoms with van der Waals surface area (Å²) in [5.74, 6) is 0. The zero-order chi connectivity index (χ0) is 9.14. The Balaban J connectivity index is 2.84. The maximum Gasteiger partial charge on any atom is 0.324 e. The van der Waals surface area contributed by atoms with Crippen molar-refractivity contribution in [1.82, 2.24) is 0 Å². The van der Waals surface area contributed by atoms with Crippen LogP contribution < -0.4 is 5.73 Å². The Kier molecular flexibility index (Phi) is 2.74. The lowest BCUT2D eigenvalue weighted by Gasteiger charge is -2.01. The minimum atomic E-state index is -0.510. The second-order valence-electron chi connectivity index (χ2n) is 2.22. The van der Waals surface area contributed by atoms with E-state index in [1.807, 2.05) is 0 Å². The first-order valence-corrected chi connectivity index (χ1v) is 4.07. The van der Waals surface area contributed by atoms with Crippen LogP contribution in [0.2, 0.25) is 0 Å². The highest BCUT2D eigenvalue weighted by molar-refractivity contribution is 7.15. The van der Waals surface area contributed by atoms with Gasteiger partial charge in [0, 0.05) is 10.9 Å². The monoisotopic (exact) mass is 188 g/mol. The van der Waals surface area contributed by atoms with Crippen molar-refractivity contribution >= 4 is 16.3 Å². The largest absolute Gasteiger partial charge is 0.394 e. The Bertz CT molecular complexity index is 286. The highest BCUT2D eigenvalue weighted by atomic mass is 32.1. The molecule has 0 saturated heterocycles. The maximum absolute atomic E-state index is 10.2. The molecule has 0 unspecified atom stereocenters. The van der Waals surface area contributed by atoms with Crippen molar-refractivity contribution in [3.05, 3.63) is 27.1 Å². The first kappa shape index (κ1) is 9.11. The van der Waals surface area contributed by atoms with Crippen LogP contribution in [-0.2, 0) is 0 Å². The second-order valence-corrected chi connectivity index (χ2v) is 3.32. The third-order valence-electron chi connectivity index (χ3n) is 1.35. The van der Waals surface area contributed by atoms with Crippen molar-refractivity contribution in [2.24, 2.45) is 5.73 Å². The van der Waals surface area contributed by atoms with Crippen LogP contribution in [0.15, 0.2) is 12.1 Å². The number of hydrogen-bond donors (Lipinski definition) is 2. The van der Waals surface area contributed by atoms with Gasteiger partial charge in [-0.15, -0.1) is 0 Å². The highest BCUT2D eigenvalue weighted by Crippen LogP contribution is 2.27. The predicted octanol–water partition coefficient (Wildman–Crippen LogP) is 0.648. The Hall–Kier alpha value is -0.980. The minimum Gasteiger partial charge on any atom is -0.394 e. The Morgan fingerprint density at radius 3 is 2.83 bits per heavy atom. The predicted molar refractivity (Wildman–Crippen MR) is 45.0 cm³/mol. The number of rotatable bonds is 3. The van der Waals surface area contributed by atoms with E-state index in [1.54, 1.807) is 6.07 Å². The van der Waals surface area contributed by atoms with Gasteiger partial charge in [0.25, 0.3) is 0 Å². The van der Waals surface area contributed by atoms with Gasteiger partial charge in [0.1, 0.15) is 0 Å². The van der Waals surface area contributed by atoms with Crippen LogP contribution in [0.1, 0.15) is 10.9 Å². The number of hydrogen-bond acceptors (Lipinski definition) is 5. The SMILES string of the molecule is N[C@H](CO)c1ccc([N+](=O)[O-])s1. The molecule has 12 heavy (non-hydrogen) atoms. The van der Waals surface area contributed by atoms with E-state index in [0.717, 1.165) is 11.3 Å². The zero-order valence-corrected chi connectivity index (χ0v) is 6.95. The molecule has 0 fully saturated rings. The van der Waals surface area contributed by atoms with Crippen LogP contribution in [-0.4, -0.2) is 16.6 Å². The van der Waals surface area contributed by atoms with Crippen molar-refractivity contribution < 1.29 is 10.0 Å². The molecule has 0 bridgehead atoms. The summed E-state index contributed by atoms with van der Waals surface area (Å²) in [4.78, 5) is 10.4. The molecule has 1 atom stereocenters. The van der Waals surface area contributed by atoms with Gasteiger partial charge < -0.3 is 10.8 Å². The van der Waals surface area contributed by atoms with Gasteiger partial charge in [-0.1, -0.05) is 11.3 Å². The van der Waals surface area contributed by atoms with E-state index >= 15 is 0 Å². The molecular weight excluding hydrogens is 180 g/mol. The zero-order valence-electron chi connectivity index (χ0n) is 6.14. The summed E-state index contributed by atoms with van der Waals surface area (Å²) in [6.07, 6.45) is 0. The average Bonchev–Trinajstić information content (AvgIpc) is 2.51. The molecule has 0 saturated carbocycles. The number of nitro groups is 1. The third kappa shape index (κ3) is 1.79. The number of thiophene rings is 1. The summed E-state index contributed by atoms with van der Waals surface area (Å²) in [6, 6.07) is 2.43. The van der Waals surface area contributed by atoms with Crippen molar-refractivity contribution in [1.29, 1.82) is 0 Å². The molecule has 0 aliphatic heterocycles. The molecule has 3 N–H and O–H groups in total. The highest BCUT2D eigenvalue weighted by Gasteiger charge is 2.13. The Morgan fingerprint density at radius 2 is 2.42 bits per heavy atom. The molecule has 1 rings (SSSR count). The molecule has 0 amide bonds. The van der Waals surface area contributed by atoms with Crippen LogP contribution >= 0.6 is 11.3 Å². The maximum atomic E-state index is 10.2. The molecule has 0 aliphatic rings. The van der Waals surface area contributed by atoms with Crippen LogP contribution in [0, 0.1) is 10.1 Å². The Morgan fingerprint density at radius 1 is 1.75 bits per heavy atom. The van der Waals surface area contributed by atoms with Gasteiger partial charge in [0.2, 0.25) is 0 Å². The fourth-order valence-electron chi connectivity index (χ4n) is 0.730. The quantitative estimate of drug-likeness (QED) is 0.538. The van der Waals surface area contributed by atoms with E-state index in [2.05, 4.69) is 0 Å². The number of aliphatic hydroxyl groups is 1. The second kappa shape index (κ2) is 3.61. The van der Waals surface area contributed by atoms with E-state index in [-0.39, 0.29) is 11.6 Å². The molecule has 6 heteroatoms. The van der Waals surface area contributed by atoms with Crippen molar-refractivity contribution in [2.45, 2.75) is 6.04 Å². The van der Waals surface area contributed by atoms with Gasteiger partial charge in [-0.3, -0.25) is 10.1 Å². The molecule has 1 aromatic rings. The molecule has 0 aliphatic carbocycles. The van der Waals surface area contributed by atoms with Gasteiger partial charge >= 0.3 is 5.00 Å². The van der Waals surface area contributed by atoms with Crippen LogP contribution in [0.25, 0.3) is 0 Å². The molecule has 0 spiro atoms. The average molecular weight is 188 g/mol. The number of nitrogens with zero attached hydrogens (tertiary/aromatic N) is 1. The van der Waals surface area contributed by atoms with Crippen molar-refractivity contribution in [3.8, 4) is 0 Å². The van der Waals surface area contributed by atoms with E-state index in [1.165, 1.54) is 6.07 Å². The standard InChI is InChI=1S/C6H8N2O3S/c7-4(3-9)5-1-2-6(12-5)8(10)11/h1-2,4,9H,3,7H2/t4-/m1/s1. The van der Waals surface area contributed by atoms with Gasteiger partial charge in [0.15, 0.2) is 0 Å². The fourth-order valence-corrected chi connectivity index (χ4v) is 1.54. The summed E-state index contributed by atoms with van der Waals surface area (Å²) in [6.45, 7) is -0.197. The fraction of sp³-hybridized carbons (Fsp3) is 0.333. The molecule has 0 radical (unpaired) electrons.